The number of carbonyl (C=O) groups is 2. The summed E-state index contributed by atoms with van der Waals surface area (Å²) in [4.78, 5) is 24.4. The van der Waals surface area contributed by atoms with Crippen LogP contribution in [-0.2, 0) is 26.1 Å². The zero-order valence-corrected chi connectivity index (χ0v) is 18.8. The first-order chi connectivity index (χ1) is 15.2. The van der Waals surface area contributed by atoms with Crippen LogP contribution in [0.5, 0.6) is 0 Å². The number of aryl methyl sites for hydroxylation is 3. The standard InChI is InChI=1S/C23H24N2O6S/c1-15-11-16(2)22(17(3)12-15)25-21(26)14-31-23(27)18-6-8-20(9-7-18)32(28,29)24-13-19-5-4-10-30-19/h4-12,24H,13-14H2,1-3H3,(H,25,26). The van der Waals surface area contributed by atoms with Crippen molar-refractivity contribution >= 4 is 27.6 Å². The summed E-state index contributed by atoms with van der Waals surface area (Å²) in [7, 11) is -3.78. The van der Waals surface area contributed by atoms with E-state index in [1.807, 2.05) is 32.9 Å². The van der Waals surface area contributed by atoms with Crippen molar-refractivity contribution in [3.8, 4) is 0 Å². The molecule has 0 fully saturated rings. The predicted octanol–water partition coefficient (Wildman–Crippen LogP) is 3.48. The molecule has 0 radical (unpaired) electrons. The van der Waals surface area contributed by atoms with E-state index in [0.29, 0.717) is 11.4 Å². The van der Waals surface area contributed by atoms with E-state index in [-0.39, 0.29) is 17.0 Å². The summed E-state index contributed by atoms with van der Waals surface area (Å²) in [6, 6.07) is 12.5. The maximum Gasteiger partial charge on any atom is 0.338 e. The second kappa shape index (κ2) is 9.80. The Morgan fingerprint density at radius 1 is 1.00 bits per heavy atom. The number of hydrogen-bond acceptors (Lipinski definition) is 6. The highest BCUT2D eigenvalue weighted by molar-refractivity contribution is 7.89. The lowest BCUT2D eigenvalue weighted by Crippen LogP contribution is -2.23. The Balaban J connectivity index is 1.56. The molecule has 3 rings (SSSR count). The Kier molecular flexibility index (Phi) is 7.12. The first-order valence-corrected chi connectivity index (χ1v) is 11.3. The number of sulfonamides is 1. The van der Waals surface area contributed by atoms with Crippen molar-refractivity contribution in [1.29, 1.82) is 0 Å². The second-order valence-electron chi connectivity index (χ2n) is 7.33. The van der Waals surface area contributed by atoms with Gasteiger partial charge in [-0.15, -0.1) is 0 Å². The molecule has 8 nitrogen and oxygen atoms in total. The minimum absolute atomic E-state index is 0.00810. The third-order valence-corrected chi connectivity index (χ3v) is 6.11. The van der Waals surface area contributed by atoms with Crippen LogP contribution >= 0.6 is 0 Å². The molecule has 3 aromatic rings. The molecule has 32 heavy (non-hydrogen) atoms. The van der Waals surface area contributed by atoms with Gasteiger partial charge in [-0.1, -0.05) is 17.7 Å². The van der Waals surface area contributed by atoms with Crippen LogP contribution in [0.2, 0.25) is 0 Å². The van der Waals surface area contributed by atoms with Gasteiger partial charge < -0.3 is 14.5 Å². The molecule has 0 spiro atoms. The first-order valence-electron chi connectivity index (χ1n) is 9.82. The predicted molar refractivity (Wildman–Crippen MR) is 119 cm³/mol. The Morgan fingerprint density at radius 3 is 2.25 bits per heavy atom. The fourth-order valence-corrected chi connectivity index (χ4v) is 4.19. The fourth-order valence-electron chi connectivity index (χ4n) is 3.20. The number of furan rings is 1. The van der Waals surface area contributed by atoms with Crippen LogP contribution in [0.15, 0.2) is 64.1 Å². The van der Waals surface area contributed by atoms with Crippen molar-refractivity contribution in [1.82, 2.24) is 4.72 Å². The molecule has 0 aliphatic carbocycles. The van der Waals surface area contributed by atoms with Crippen molar-refractivity contribution in [3.63, 3.8) is 0 Å². The minimum atomic E-state index is -3.78. The van der Waals surface area contributed by atoms with Gasteiger partial charge in [0, 0.05) is 5.69 Å². The van der Waals surface area contributed by atoms with Crippen LogP contribution in [0.3, 0.4) is 0 Å². The Morgan fingerprint density at radius 2 is 1.66 bits per heavy atom. The molecule has 0 atom stereocenters. The summed E-state index contributed by atoms with van der Waals surface area (Å²) in [6.07, 6.45) is 1.45. The number of ether oxygens (including phenoxy) is 1. The number of amides is 1. The van der Waals surface area contributed by atoms with Crippen molar-refractivity contribution in [2.45, 2.75) is 32.2 Å². The second-order valence-corrected chi connectivity index (χ2v) is 9.09. The van der Waals surface area contributed by atoms with E-state index in [4.69, 9.17) is 9.15 Å². The Hall–Kier alpha value is -3.43. The zero-order chi connectivity index (χ0) is 23.3. The van der Waals surface area contributed by atoms with E-state index in [2.05, 4.69) is 10.0 Å². The third kappa shape index (κ3) is 5.83. The lowest BCUT2D eigenvalue weighted by atomic mass is 10.1. The summed E-state index contributed by atoms with van der Waals surface area (Å²) in [5.41, 5.74) is 3.74. The fraction of sp³-hybridized carbons (Fsp3) is 0.217. The van der Waals surface area contributed by atoms with Crippen LogP contribution in [0.1, 0.15) is 32.8 Å². The van der Waals surface area contributed by atoms with E-state index in [1.165, 1.54) is 30.5 Å². The van der Waals surface area contributed by atoms with Gasteiger partial charge in [0.15, 0.2) is 6.61 Å². The zero-order valence-electron chi connectivity index (χ0n) is 18.0. The number of rotatable bonds is 8. The van der Waals surface area contributed by atoms with E-state index < -0.39 is 28.5 Å². The number of esters is 1. The smallest absolute Gasteiger partial charge is 0.338 e. The number of hydrogen-bond donors (Lipinski definition) is 2. The maximum atomic E-state index is 12.4. The maximum absolute atomic E-state index is 12.4. The normalized spacial score (nSPS) is 11.2. The third-order valence-electron chi connectivity index (χ3n) is 4.69. The lowest BCUT2D eigenvalue weighted by molar-refractivity contribution is -0.119. The molecular weight excluding hydrogens is 432 g/mol. The van der Waals surface area contributed by atoms with Crippen molar-refractivity contribution < 1.29 is 27.2 Å². The van der Waals surface area contributed by atoms with Crippen LogP contribution < -0.4 is 10.0 Å². The van der Waals surface area contributed by atoms with Crippen LogP contribution in [0, 0.1) is 20.8 Å². The molecule has 1 heterocycles. The highest BCUT2D eigenvalue weighted by atomic mass is 32.2. The largest absolute Gasteiger partial charge is 0.468 e. The van der Waals surface area contributed by atoms with Gasteiger partial charge in [-0.05, 0) is 68.3 Å². The number of nitrogens with one attached hydrogen (secondary N) is 2. The van der Waals surface area contributed by atoms with Crippen LogP contribution in [-0.4, -0.2) is 26.9 Å². The summed E-state index contributed by atoms with van der Waals surface area (Å²) in [6.45, 7) is 5.30. The summed E-state index contributed by atoms with van der Waals surface area (Å²) in [5.74, 6) is -0.720. The van der Waals surface area contributed by atoms with Crippen molar-refractivity contribution in [3.05, 3.63) is 82.8 Å². The van der Waals surface area contributed by atoms with Gasteiger partial charge in [0.1, 0.15) is 5.76 Å². The van der Waals surface area contributed by atoms with Crippen LogP contribution in [0.25, 0.3) is 0 Å². The van der Waals surface area contributed by atoms with E-state index in [1.54, 1.807) is 12.1 Å². The minimum Gasteiger partial charge on any atom is -0.468 e. The molecule has 168 valence electrons. The first kappa shape index (κ1) is 23.2. The molecule has 0 aliphatic rings. The molecule has 2 N–H and O–H groups in total. The number of anilines is 1. The SMILES string of the molecule is Cc1cc(C)c(NC(=O)COC(=O)c2ccc(S(=O)(=O)NCc3ccco3)cc2)c(C)c1. The summed E-state index contributed by atoms with van der Waals surface area (Å²) < 4.78 is 37.3. The average molecular weight is 457 g/mol. The highest BCUT2D eigenvalue weighted by Gasteiger charge is 2.17. The topological polar surface area (TPSA) is 115 Å². The average Bonchev–Trinajstić information content (AvgIpc) is 3.27. The van der Waals surface area contributed by atoms with Crippen LogP contribution in [0.4, 0.5) is 5.69 Å². The van der Waals surface area contributed by atoms with Gasteiger partial charge in [-0.2, -0.15) is 0 Å². The molecule has 0 saturated heterocycles. The molecule has 0 unspecified atom stereocenters. The van der Waals surface area contributed by atoms with Crippen molar-refractivity contribution in [2.24, 2.45) is 0 Å². The molecule has 1 amide bonds. The van der Waals surface area contributed by atoms with Gasteiger partial charge >= 0.3 is 5.97 Å². The Bertz CT molecular complexity index is 1190. The highest BCUT2D eigenvalue weighted by Crippen LogP contribution is 2.21. The van der Waals surface area contributed by atoms with Crippen molar-refractivity contribution in [2.75, 3.05) is 11.9 Å². The number of benzene rings is 2. The molecule has 0 bridgehead atoms. The van der Waals surface area contributed by atoms with Gasteiger partial charge in [-0.25, -0.2) is 17.9 Å². The molecule has 0 aliphatic heterocycles. The quantitative estimate of drug-likeness (QED) is 0.502. The van der Waals surface area contributed by atoms with Gasteiger partial charge in [0.2, 0.25) is 10.0 Å². The van der Waals surface area contributed by atoms with E-state index >= 15 is 0 Å². The van der Waals surface area contributed by atoms with Gasteiger partial charge in [-0.3, -0.25) is 4.79 Å². The van der Waals surface area contributed by atoms with E-state index in [0.717, 1.165) is 16.7 Å². The number of carbonyl (C=O) groups excluding carboxylic acids is 2. The molecule has 9 heteroatoms. The molecular formula is C23H24N2O6S. The lowest BCUT2D eigenvalue weighted by Gasteiger charge is -2.13. The molecule has 1 aromatic heterocycles. The van der Waals surface area contributed by atoms with E-state index in [9.17, 15) is 18.0 Å². The monoisotopic (exact) mass is 456 g/mol. The van der Waals surface area contributed by atoms with Gasteiger partial charge in [0.05, 0.1) is 23.3 Å². The Labute approximate surface area is 186 Å². The molecule has 0 saturated carbocycles. The summed E-state index contributed by atoms with van der Waals surface area (Å²) >= 11 is 0. The summed E-state index contributed by atoms with van der Waals surface area (Å²) in [5, 5.41) is 2.76. The van der Waals surface area contributed by atoms with Gasteiger partial charge in [0.25, 0.3) is 5.91 Å². The molecule has 2 aromatic carbocycles.